The van der Waals surface area contributed by atoms with Crippen molar-refractivity contribution in [3.8, 4) is 5.88 Å². The molecule has 5 heteroatoms. The predicted octanol–water partition coefficient (Wildman–Crippen LogP) is 2.52. The molecular weight excluding hydrogens is 256 g/mol. The van der Waals surface area contributed by atoms with Gasteiger partial charge in [0.25, 0.3) is 0 Å². The Kier molecular flexibility index (Phi) is 4.20. The van der Waals surface area contributed by atoms with E-state index in [1.54, 1.807) is 14.0 Å². The van der Waals surface area contributed by atoms with Crippen molar-refractivity contribution in [1.29, 1.82) is 0 Å². The van der Waals surface area contributed by atoms with Crippen molar-refractivity contribution < 1.29 is 14.6 Å². The summed E-state index contributed by atoms with van der Waals surface area (Å²) in [4.78, 5) is 11.2. The molecule has 20 heavy (non-hydrogen) atoms. The topological polar surface area (TPSA) is 64.4 Å². The summed E-state index contributed by atoms with van der Waals surface area (Å²) in [6, 6.07) is 9.81. The third-order valence-corrected chi connectivity index (χ3v) is 2.81. The zero-order valence-corrected chi connectivity index (χ0v) is 11.4. The molecule has 0 radical (unpaired) electrons. The number of benzene rings is 1. The molecule has 0 aliphatic rings. The first-order valence-corrected chi connectivity index (χ1v) is 6.21. The Morgan fingerprint density at radius 3 is 2.75 bits per heavy atom. The highest BCUT2D eigenvalue weighted by atomic mass is 16.5. The summed E-state index contributed by atoms with van der Waals surface area (Å²) in [5.41, 5.74) is 1.62. The van der Waals surface area contributed by atoms with Gasteiger partial charge < -0.3 is 9.84 Å². The van der Waals surface area contributed by atoms with Crippen molar-refractivity contribution in [3.63, 3.8) is 0 Å². The molecule has 1 aromatic heterocycles. The first-order chi connectivity index (χ1) is 9.59. The summed E-state index contributed by atoms with van der Waals surface area (Å²) in [7, 11) is 1.66. The highest BCUT2D eigenvalue weighted by molar-refractivity contribution is 5.91. The lowest BCUT2D eigenvalue weighted by molar-refractivity contribution is 0.0691. The van der Waals surface area contributed by atoms with E-state index in [-0.39, 0.29) is 18.1 Å². The molecular formula is C15H16N2O3. The number of aromatic nitrogens is 2. The Labute approximate surface area is 117 Å². The van der Waals surface area contributed by atoms with Crippen molar-refractivity contribution in [1.82, 2.24) is 9.78 Å². The molecule has 1 heterocycles. The molecule has 0 unspecified atom stereocenters. The smallest absolute Gasteiger partial charge is 0.343 e. The van der Waals surface area contributed by atoms with Crippen LogP contribution in [0.5, 0.6) is 5.88 Å². The maximum absolute atomic E-state index is 11.2. The summed E-state index contributed by atoms with van der Waals surface area (Å²) in [6.45, 7) is 1.93. The minimum absolute atomic E-state index is 0.112. The molecule has 0 aliphatic heterocycles. The van der Waals surface area contributed by atoms with Crippen LogP contribution < -0.4 is 4.74 Å². The monoisotopic (exact) mass is 272 g/mol. The Morgan fingerprint density at radius 1 is 1.40 bits per heavy atom. The SMILES string of the molecule is Cc1nn(C)c(OCC=Cc2ccccc2)c1C(=O)O. The van der Waals surface area contributed by atoms with Crippen molar-refractivity contribution in [3.05, 3.63) is 53.2 Å². The number of hydrogen-bond acceptors (Lipinski definition) is 3. The van der Waals surface area contributed by atoms with Crippen molar-refractivity contribution in [2.45, 2.75) is 6.92 Å². The third-order valence-electron chi connectivity index (χ3n) is 2.81. The fraction of sp³-hybridized carbons (Fsp3) is 0.200. The highest BCUT2D eigenvalue weighted by Gasteiger charge is 2.20. The van der Waals surface area contributed by atoms with Gasteiger partial charge in [-0.15, -0.1) is 0 Å². The molecule has 2 aromatic rings. The molecule has 0 aliphatic carbocycles. The van der Waals surface area contributed by atoms with E-state index in [0.29, 0.717) is 5.69 Å². The van der Waals surface area contributed by atoms with Crippen LogP contribution in [0.4, 0.5) is 0 Å². The summed E-state index contributed by atoms with van der Waals surface area (Å²) in [5, 5.41) is 13.2. The second-order valence-corrected chi connectivity index (χ2v) is 4.32. The van der Waals surface area contributed by atoms with Gasteiger partial charge in [0.1, 0.15) is 12.2 Å². The standard InChI is InChI=1S/C15H16N2O3/c1-11-13(15(18)19)14(17(2)16-11)20-10-6-9-12-7-4-3-5-8-12/h3-9H,10H2,1-2H3,(H,18,19). The molecule has 0 spiro atoms. The van der Waals surface area contributed by atoms with Gasteiger partial charge in [-0.3, -0.25) is 0 Å². The first kappa shape index (κ1) is 13.9. The number of aromatic carboxylic acids is 1. The molecule has 0 amide bonds. The lowest BCUT2D eigenvalue weighted by atomic mass is 10.2. The molecule has 2 rings (SSSR count). The van der Waals surface area contributed by atoms with E-state index >= 15 is 0 Å². The van der Waals surface area contributed by atoms with Gasteiger partial charge in [-0.2, -0.15) is 5.10 Å². The van der Waals surface area contributed by atoms with Gasteiger partial charge in [-0.1, -0.05) is 36.4 Å². The summed E-state index contributed by atoms with van der Waals surface area (Å²) in [6.07, 6.45) is 3.76. The van der Waals surface area contributed by atoms with Crippen LogP contribution in [0.15, 0.2) is 36.4 Å². The number of carboxylic acids is 1. The maximum atomic E-state index is 11.2. The average Bonchev–Trinajstić information content (AvgIpc) is 2.70. The van der Waals surface area contributed by atoms with Gasteiger partial charge in [-0.25, -0.2) is 9.48 Å². The Balaban J connectivity index is 2.05. The number of hydrogen-bond donors (Lipinski definition) is 1. The Morgan fingerprint density at radius 2 is 2.10 bits per heavy atom. The van der Waals surface area contributed by atoms with Gasteiger partial charge >= 0.3 is 5.97 Å². The molecule has 0 saturated carbocycles. The molecule has 0 fully saturated rings. The molecule has 104 valence electrons. The van der Waals surface area contributed by atoms with E-state index in [2.05, 4.69) is 5.10 Å². The second-order valence-electron chi connectivity index (χ2n) is 4.32. The number of aryl methyl sites for hydroxylation is 2. The zero-order chi connectivity index (χ0) is 14.5. The van der Waals surface area contributed by atoms with Crippen molar-refractivity contribution in [2.24, 2.45) is 7.05 Å². The fourth-order valence-electron chi connectivity index (χ4n) is 1.92. The summed E-state index contributed by atoms with van der Waals surface area (Å²) < 4.78 is 6.94. The van der Waals surface area contributed by atoms with E-state index < -0.39 is 5.97 Å². The largest absolute Gasteiger partial charge is 0.477 e. The van der Waals surface area contributed by atoms with E-state index in [1.165, 1.54) is 4.68 Å². The van der Waals surface area contributed by atoms with E-state index in [4.69, 9.17) is 9.84 Å². The minimum atomic E-state index is -1.03. The highest BCUT2D eigenvalue weighted by Crippen LogP contribution is 2.21. The molecule has 5 nitrogen and oxygen atoms in total. The molecule has 0 atom stereocenters. The van der Waals surface area contributed by atoms with Crippen LogP contribution in [-0.4, -0.2) is 27.5 Å². The van der Waals surface area contributed by atoms with E-state index in [9.17, 15) is 4.79 Å². The first-order valence-electron chi connectivity index (χ1n) is 6.21. The van der Waals surface area contributed by atoms with Crippen LogP contribution in [0.1, 0.15) is 21.6 Å². The van der Waals surface area contributed by atoms with Crippen LogP contribution in [0, 0.1) is 6.92 Å². The van der Waals surface area contributed by atoms with E-state index in [0.717, 1.165) is 5.56 Å². The van der Waals surface area contributed by atoms with Crippen LogP contribution in [0.25, 0.3) is 6.08 Å². The second kappa shape index (κ2) is 6.06. The van der Waals surface area contributed by atoms with Gasteiger partial charge in [0.05, 0.1) is 5.69 Å². The fourth-order valence-corrected chi connectivity index (χ4v) is 1.92. The van der Waals surface area contributed by atoms with Gasteiger partial charge in [-0.05, 0) is 18.6 Å². The Hall–Kier alpha value is -2.56. The number of nitrogens with zero attached hydrogens (tertiary/aromatic N) is 2. The van der Waals surface area contributed by atoms with Gasteiger partial charge in [0.2, 0.25) is 5.88 Å². The maximum Gasteiger partial charge on any atom is 0.343 e. The van der Waals surface area contributed by atoms with Gasteiger partial charge in [0, 0.05) is 7.05 Å². The normalized spacial score (nSPS) is 10.9. The predicted molar refractivity (Wildman–Crippen MR) is 75.9 cm³/mol. The van der Waals surface area contributed by atoms with E-state index in [1.807, 2.05) is 42.5 Å². The van der Waals surface area contributed by atoms with Crippen molar-refractivity contribution >= 4 is 12.0 Å². The Bertz CT molecular complexity index is 630. The number of ether oxygens (including phenoxy) is 1. The summed E-state index contributed by atoms with van der Waals surface area (Å²) >= 11 is 0. The zero-order valence-electron chi connectivity index (χ0n) is 11.4. The van der Waals surface area contributed by atoms with Gasteiger partial charge in [0.15, 0.2) is 0 Å². The minimum Gasteiger partial charge on any atom is -0.477 e. The third kappa shape index (κ3) is 3.06. The number of rotatable bonds is 5. The van der Waals surface area contributed by atoms with Crippen molar-refractivity contribution in [2.75, 3.05) is 6.61 Å². The lowest BCUT2D eigenvalue weighted by Crippen LogP contribution is -2.05. The average molecular weight is 272 g/mol. The van der Waals surface area contributed by atoms with Crippen LogP contribution in [-0.2, 0) is 7.05 Å². The quantitative estimate of drug-likeness (QED) is 0.908. The molecule has 1 N–H and O–H groups in total. The van der Waals surface area contributed by atoms with Crippen LogP contribution in [0.3, 0.4) is 0 Å². The molecule has 0 saturated heterocycles. The number of carbonyl (C=O) groups is 1. The summed E-state index contributed by atoms with van der Waals surface area (Å²) in [5.74, 6) is -0.759. The molecule has 1 aromatic carbocycles. The molecule has 0 bridgehead atoms. The van der Waals surface area contributed by atoms with Crippen LogP contribution in [0.2, 0.25) is 0 Å². The van der Waals surface area contributed by atoms with Crippen LogP contribution >= 0.6 is 0 Å². The lowest BCUT2D eigenvalue weighted by Gasteiger charge is -2.04. The number of carboxylic acid groups (broad SMARTS) is 1.